The van der Waals surface area contributed by atoms with E-state index in [1.165, 1.54) is 24.3 Å². The lowest BCUT2D eigenvalue weighted by Gasteiger charge is -2.06. The molecule has 0 amide bonds. The van der Waals surface area contributed by atoms with Crippen LogP contribution in [0.5, 0.6) is 0 Å². The number of benzene rings is 3. The summed E-state index contributed by atoms with van der Waals surface area (Å²) in [7, 11) is 0. The number of hydrogen-bond donors (Lipinski definition) is 0. The zero-order valence-electron chi connectivity index (χ0n) is 17.8. The SMILES string of the molecule is FC(F)(F)c1cccc(-c2nc(-c3ccc(-c4noc(-c5cccc(C(F)(F)F)c5)n4)cc3)no2)c1. The van der Waals surface area contributed by atoms with Gasteiger partial charge in [-0.1, -0.05) is 46.7 Å². The molecule has 3 aromatic carbocycles. The van der Waals surface area contributed by atoms with Gasteiger partial charge in [0.1, 0.15) is 0 Å². The molecule has 36 heavy (non-hydrogen) atoms. The zero-order chi connectivity index (χ0) is 25.5. The van der Waals surface area contributed by atoms with Gasteiger partial charge in [0.05, 0.1) is 11.1 Å². The minimum atomic E-state index is -4.51. The molecule has 0 unspecified atom stereocenters. The lowest BCUT2D eigenvalue weighted by atomic mass is 10.1. The molecule has 0 saturated carbocycles. The third kappa shape index (κ3) is 4.69. The van der Waals surface area contributed by atoms with E-state index < -0.39 is 23.5 Å². The summed E-state index contributed by atoms with van der Waals surface area (Å²) in [6.45, 7) is 0. The van der Waals surface area contributed by atoms with Gasteiger partial charge in [-0.25, -0.2) is 0 Å². The van der Waals surface area contributed by atoms with Crippen LogP contribution in [0, 0.1) is 0 Å². The maximum Gasteiger partial charge on any atom is 0.416 e. The van der Waals surface area contributed by atoms with Crippen molar-refractivity contribution in [3.05, 3.63) is 83.9 Å². The number of aromatic nitrogens is 4. The molecule has 2 aromatic heterocycles. The first-order chi connectivity index (χ1) is 17.1. The molecule has 0 bridgehead atoms. The Labute approximate surface area is 198 Å². The van der Waals surface area contributed by atoms with Crippen LogP contribution in [0.25, 0.3) is 45.7 Å². The zero-order valence-corrected chi connectivity index (χ0v) is 17.8. The van der Waals surface area contributed by atoms with Crippen molar-refractivity contribution in [2.75, 3.05) is 0 Å². The average molecular weight is 502 g/mol. The first-order valence-electron chi connectivity index (χ1n) is 10.2. The molecule has 6 nitrogen and oxygen atoms in total. The Balaban J connectivity index is 1.36. The van der Waals surface area contributed by atoms with Gasteiger partial charge in [-0.05, 0) is 36.4 Å². The Bertz CT molecular complexity index is 1410. The van der Waals surface area contributed by atoms with Gasteiger partial charge in [-0.2, -0.15) is 36.3 Å². The van der Waals surface area contributed by atoms with E-state index in [2.05, 4.69) is 20.3 Å². The van der Waals surface area contributed by atoms with E-state index in [1.807, 2.05) is 0 Å². The van der Waals surface area contributed by atoms with Crippen molar-refractivity contribution in [2.24, 2.45) is 0 Å². The predicted octanol–water partition coefficient (Wildman–Crippen LogP) is 7.16. The van der Waals surface area contributed by atoms with E-state index in [0.717, 1.165) is 24.3 Å². The molecule has 0 aliphatic carbocycles. The highest BCUT2D eigenvalue weighted by molar-refractivity contribution is 5.66. The summed E-state index contributed by atoms with van der Waals surface area (Å²) in [5.74, 6) is 0.131. The molecule has 0 spiro atoms. The van der Waals surface area contributed by atoms with E-state index in [4.69, 9.17) is 9.05 Å². The second-order valence-electron chi connectivity index (χ2n) is 7.58. The Hall–Kier alpha value is -4.48. The van der Waals surface area contributed by atoms with Crippen LogP contribution >= 0.6 is 0 Å². The van der Waals surface area contributed by atoms with E-state index >= 15 is 0 Å². The highest BCUT2D eigenvalue weighted by atomic mass is 19.4. The number of rotatable bonds is 4. The Kier molecular flexibility index (Phi) is 5.58. The van der Waals surface area contributed by atoms with Crippen LogP contribution in [0.1, 0.15) is 11.1 Å². The summed E-state index contributed by atoms with van der Waals surface area (Å²) in [6, 6.07) is 15.5. The van der Waals surface area contributed by atoms with Crippen molar-refractivity contribution in [1.82, 2.24) is 20.3 Å². The lowest BCUT2D eigenvalue weighted by Crippen LogP contribution is -2.04. The van der Waals surface area contributed by atoms with Gasteiger partial charge in [-0.3, -0.25) is 0 Å². The van der Waals surface area contributed by atoms with E-state index in [9.17, 15) is 26.3 Å². The fraction of sp³-hybridized carbons (Fsp3) is 0.0833. The molecule has 0 aliphatic heterocycles. The first kappa shape index (κ1) is 23.3. The minimum absolute atomic E-state index is 0.0796. The van der Waals surface area contributed by atoms with Gasteiger partial charge in [0.15, 0.2) is 0 Å². The number of nitrogens with zero attached hydrogens (tertiary/aromatic N) is 4. The van der Waals surface area contributed by atoms with Crippen LogP contribution in [-0.2, 0) is 12.4 Å². The summed E-state index contributed by atoms with van der Waals surface area (Å²) in [5.41, 5.74) is -0.435. The average Bonchev–Trinajstić information content (AvgIpc) is 3.54. The first-order valence-corrected chi connectivity index (χ1v) is 10.2. The molecule has 5 aromatic rings. The molecule has 0 fully saturated rings. The Morgan fingerprint density at radius 2 is 0.889 bits per heavy atom. The monoisotopic (exact) mass is 502 g/mol. The summed E-state index contributed by atoms with van der Waals surface area (Å²) in [4.78, 5) is 8.32. The normalized spacial score (nSPS) is 12.2. The third-order valence-electron chi connectivity index (χ3n) is 5.13. The van der Waals surface area contributed by atoms with Crippen LogP contribution < -0.4 is 0 Å². The minimum Gasteiger partial charge on any atom is -0.334 e. The largest absolute Gasteiger partial charge is 0.416 e. The van der Waals surface area contributed by atoms with Crippen molar-refractivity contribution in [3.8, 4) is 45.7 Å². The summed E-state index contributed by atoms with van der Waals surface area (Å²) >= 11 is 0. The van der Waals surface area contributed by atoms with Crippen molar-refractivity contribution >= 4 is 0 Å². The standard InChI is InChI=1S/C24H12F6N4O2/c25-23(26,27)17-5-1-3-15(11-17)21-31-19(33-35-21)13-7-9-14(10-8-13)20-32-22(36-34-20)16-4-2-6-18(12-16)24(28,29)30/h1-12H. The van der Waals surface area contributed by atoms with Gasteiger partial charge >= 0.3 is 12.4 Å². The van der Waals surface area contributed by atoms with E-state index in [1.54, 1.807) is 24.3 Å². The van der Waals surface area contributed by atoms with Crippen LogP contribution in [0.2, 0.25) is 0 Å². The second-order valence-corrected chi connectivity index (χ2v) is 7.58. The van der Waals surface area contributed by atoms with Crippen molar-refractivity contribution in [1.29, 1.82) is 0 Å². The van der Waals surface area contributed by atoms with Crippen molar-refractivity contribution in [2.45, 2.75) is 12.4 Å². The molecule has 0 saturated heterocycles. The summed E-state index contributed by atoms with van der Waals surface area (Å²) in [6.07, 6.45) is -9.02. The molecule has 0 N–H and O–H groups in total. The highest BCUT2D eigenvalue weighted by Gasteiger charge is 2.31. The van der Waals surface area contributed by atoms with Gasteiger partial charge in [-0.15, -0.1) is 0 Å². The molecule has 0 atom stereocenters. The van der Waals surface area contributed by atoms with Gasteiger partial charge in [0, 0.05) is 22.3 Å². The summed E-state index contributed by atoms with van der Waals surface area (Å²) < 4.78 is 88.0. The van der Waals surface area contributed by atoms with E-state index in [0.29, 0.717) is 11.1 Å². The van der Waals surface area contributed by atoms with Gasteiger partial charge < -0.3 is 9.05 Å². The number of alkyl halides is 6. The number of halogens is 6. The molecule has 12 heteroatoms. The molecule has 2 heterocycles. The van der Waals surface area contributed by atoms with Gasteiger partial charge in [0.25, 0.3) is 11.8 Å². The quantitative estimate of drug-likeness (QED) is 0.243. The molecule has 5 rings (SSSR count). The lowest BCUT2D eigenvalue weighted by molar-refractivity contribution is -0.138. The Morgan fingerprint density at radius 1 is 0.500 bits per heavy atom. The van der Waals surface area contributed by atoms with Crippen LogP contribution in [-0.4, -0.2) is 20.3 Å². The maximum atomic E-state index is 13.0. The molecular formula is C24H12F6N4O2. The smallest absolute Gasteiger partial charge is 0.334 e. The molecular weight excluding hydrogens is 490 g/mol. The predicted molar refractivity (Wildman–Crippen MR) is 114 cm³/mol. The van der Waals surface area contributed by atoms with Crippen LogP contribution in [0.15, 0.2) is 81.8 Å². The third-order valence-corrected chi connectivity index (χ3v) is 5.13. The van der Waals surface area contributed by atoms with Gasteiger partial charge in [0.2, 0.25) is 11.6 Å². The Morgan fingerprint density at radius 3 is 1.25 bits per heavy atom. The summed E-state index contributed by atoms with van der Waals surface area (Å²) in [5, 5.41) is 7.64. The fourth-order valence-electron chi connectivity index (χ4n) is 3.34. The van der Waals surface area contributed by atoms with Crippen LogP contribution in [0.3, 0.4) is 0 Å². The van der Waals surface area contributed by atoms with Crippen LogP contribution in [0.4, 0.5) is 26.3 Å². The highest BCUT2D eigenvalue weighted by Crippen LogP contribution is 2.34. The number of hydrogen-bond acceptors (Lipinski definition) is 6. The molecule has 182 valence electrons. The van der Waals surface area contributed by atoms with Crippen molar-refractivity contribution < 1.29 is 35.4 Å². The molecule has 0 aliphatic rings. The second kappa shape index (κ2) is 8.63. The van der Waals surface area contributed by atoms with Crippen molar-refractivity contribution in [3.63, 3.8) is 0 Å². The van der Waals surface area contributed by atoms with E-state index in [-0.39, 0.29) is 34.6 Å². The molecule has 0 radical (unpaired) electrons. The fourth-order valence-corrected chi connectivity index (χ4v) is 3.34. The maximum absolute atomic E-state index is 13.0. The topological polar surface area (TPSA) is 77.8 Å².